The van der Waals surface area contributed by atoms with Crippen LogP contribution in [0.2, 0.25) is 0 Å². The fraction of sp³-hybridized carbons (Fsp3) is 0.250. The van der Waals surface area contributed by atoms with Crippen molar-refractivity contribution < 1.29 is 19.1 Å². The Morgan fingerprint density at radius 2 is 1.54 bits per heavy atom. The van der Waals surface area contributed by atoms with Gasteiger partial charge in [0.2, 0.25) is 5.91 Å². The summed E-state index contributed by atoms with van der Waals surface area (Å²) in [6, 6.07) is 14.3. The Bertz CT molecular complexity index is 770. The smallest absolute Gasteiger partial charge is 0.334 e. The Morgan fingerprint density at radius 3 is 2.08 bits per heavy atom. The van der Waals surface area contributed by atoms with Gasteiger partial charge in [0, 0.05) is 18.2 Å². The summed E-state index contributed by atoms with van der Waals surface area (Å²) < 4.78 is 5.37. The third-order valence-corrected chi connectivity index (χ3v) is 3.64. The summed E-state index contributed by atoms with van der Waals surface area (Å²) in [5, 5.41) is 5.35. The quantitative estimate of drug-likeness (QED) is 0.617. The standard InChI is InChI=1S/C20H22N2O4/c1-13(2)18(22-19(24)15-7-5-4-6-8-15)20(25)26-17-11-9-16(10-12-17)21-14(3)23/h4-13,18H,1-3H3,(H,21,23)(H,22,24). The molecule has 136 valence electrons. The van der Waals surface area contributed by atoms with Crippen LogP contribution < -0.4 is 15.4 Å². The van der Waals surface area contributed by atoms with Crippen LogP contribution in [0.5, 0.6) is 5.75 Å². The molecular formula is C20H22N2O4. The maximum Gasteiger partial charge on any atom is 0.334 e. The molecule has 0 saturated heterocycles. The third-order valence-electron chi connectivity index (χ3n) is 3.64. The number of esters is 1. The second-order valence-electron chi connectivity index (χ2n) is 6.19. The van der Waals surface area contributed by atoms with Gasteiger partial charge in [0.25, 0.3) is 5.91 Å². The summed E-state index contributed by atoms with van der Waals surface area (Å²) in [5.74, 6) is -0.866. The van der Waals surface area contributed by atoms with Crippen LogP contribution in [0.4, 0.5) is 5.69 Å². The summed E-state index contributed by atoms with van der Waals surface area (Å²) in [6.07, 6.45) is 0. The van der Waals surface area contributed by atoms with Crippen molar-refractivity contribution in [1.29, 1.82) is 0 Å². The molecule has 0 fully saturated rings. The lowest BCUT2D eigenvalue weighted by molar-refractivity contribution is -0.137. The molecule has 6 nitrogen and oxygen atoms in total. The Labute approximate surface area is 152 Å². The first kappa shape index (κ1) is 19.2. The van der Waals surface area contributed by atoms with E-state index >= 15 is 0 Å². The summed E-state index contributed by atoms with van der Waals surface area (Å²) in [5.41, 5.74) is 1.08. The second kappa shape index (κ2) is 8.80. The molecule has 2 aromatic rings. The van der Waals surface area contributed by atoms with Crippen LogP contribution >= 0.6 is 0 Å². The van der Waals surface area contributed by atoms with Gasteiger partial charge in [0.05, 0.1) is 0 Å². The van der Waals surface area contributed by atoms with Crippen LogP contribution in [-0.2, 0) is 9.59 Å². The maximum absolute atomic E-state index is 12.5. The highest BCUT2D eigenvalue weighted by Crippen LogP contribution is 2.17. The SMILES string of the molecule is CC(=O)Nc1ccc(OC(=O)C(NC(=O)c2ccccc2)C(C)C)cc1. The fourth-order valence-electron chi connectivity index (χ4n) is 2.30. The highest BCUT2D eigenvalue weighted by Gasteiger charge is 2.26. The van der Waals surface area contributed by atoms with E-state index in [2.05, 4.69) is 10.6 Å². The highest BCUT2D eigenvalue weighted by atomic mass is 16.5. The van der Waals surface area contributed by atoms with Gasteiger partial charge in [-0.25, -0.2) is 4.79 Å². The Kier molecular flexibility index (Phi) is 6.49. The molecule has 2 amide bonds. The summed E-state index contributed by atoms with van der Waals surface area (Å²) in [4.78, 5) is 35.8. The van der Waals surface area contributed by atoms with Crippen molar-refractivity contribution in [3.05, 3.63) is 60.2 Å². The molecule has 0 aliphatic carbocycles. The Hall–Kier alpha value is -3.15. The fourth-order valence-corrected chi connectivity index (χ4v) is 2.30. The predicted octanol–water partition coefficient (Wildman–Crippen LogP) is 3.01. The first-order chi connectivity index (χ1) is 12.4. The van der Waals surface area contributed by atoms with Gasteiger partial charge in [0.1, 0.15) is 11.8 Å². The lowest BCUT2D eigenvalue weighted by Gasteiger charge is -2.20. The highest BCUT2D eigenvalue weighted by molar-refractivity contribution is 5.97. The first-order valence-corrected chi connectivity index (χ1v) is 8.32. The van der Waals surface area contributed by atoms with E-state index in [9.17, 15) is 14.4 Å². The molecule has 0 saturated carbocycles. The maximum atomic E-state index is 12.5. The number of carbonyl (C=O) groups is 3. The van der Waals surface area contributed by atoms with E-state index in [-0.39, 0.29) is 17.7 Å². The molecule has 0 bridgehead atoms. The topological polar surface area (TPSA) is 84.5 Å². The summed E-state index contributed by atoms with van der Waals surface area (Å²) in [7, 11) is 0. The number of nitrogens with one attached hydrogen (secondary N) is 2. The van der Waals surface area contributed by atoms with Crippen LogP contribution in [0.3, 0.4) is 0 Å². The summed E-state index contributed by atoms with van der Waals surface area (Å²) >= 11 is 0. The van der Waals surface area contributed by atoms with Gasteiger partial charge >= 0.3 is 5.97 Å². The molecule has 2 aromatic carbocycles. The molecule has 1 unspecified atom stereocenters. The lowest BCUT2D eigenvalue weighted by atomic mass is 10.0. The Balaban J connectivity index is 2.04. The van der Waals surface area contributed by atoms with Crippen molar-refractivity contribution in [2.45, 2.75) is 26.8 Å². The molecule has 0 aliphatic rings. The largest absolute Gasteiger partial charge is 0.425 e. The van der Waals surface area contributed by atoms with E-state index in [1.54, 1.807) is 48.5 Å². The predicted molar refractivity (Wildman–Crippen MR) is 98.9 cm³/mol. The second-order valence-corrected chi connectivity index (χ2v) is 6.19. The van der Waals surface area contributed by atoms with E-state index in [0.29, 0.717) is 17.0 Å². The van der Waals surface area contributed by atoms with Crippen molar-refractivity contribution in [2.24, 2.45) is 5.92 Å². The van der Waals surface area contributed by atoms with Gasteiger partial charge in [-0.3, -0.25) is 9.59 Å². The van der Waals surface area contributed by atoms with Gasteiger partial charge in [-0.2, -0.15) is 0 Å². The Morgan fingerprint density at radius 1 is 0.923 bits per heavy atom. The third kappa shape index (κ3) is 5.44. The molecule has 0 spiro atoms. The van der Waals surface area contributed by atoms with Gasteiger partial charge in [-0.1, -0.05) is 32.0 Å². The van der Waals surface area contributed by atoms with Crippen molar-refractivity contribution in [3.63, 3.8) is 0 Å². The van der Waals surface area contributed by atoms with E-state index in [1.165, 1.54) is 6.92 Å². The van der Waals surface area contributed by atoms with E-state index in [1.807, 2.05) is 19.9 Å². The van der Waals surface area contributed by atoms with Crippen LogP contribution in [-0.4, -0.2) is 23.8 Å². The van der Waals surface area contributed by atoms with E-state index < -0.39 is 12.0 Å². The van der Waals surface area contributed by atoms with E-state index in [4.69, 9.17) is 4.74 Å². The van der Waals surface area contributed by atoms with Crippen molar-refractivity contribution in [1.82, 2.24) is 5.32 Å². The zero-order valence-corrected chi connectivity index (χ0v) is 15.0. The molecule has 6 heteroatoms. The first-order valence-electron chi connectivity index (χ1n) is 8.32. The van der Waals surface area contributed by atoms with Gasteiger partial charge in [-0.05, 0) is 42.3 Å². The molecule has 0 heterocycles. The minimum atomic E-state index is -0.780. The molecule has 1 atom stereocenters. The van der Waals surface area contributed by atoms with Crippen LogP contribution in [0, 0.1) is 5.92 Å². The van der Waals surface area contributed by atoms with Crippen molar-refractivity contribution in [2.75, 3.05) is 5.32 Å². The van der Waals surface area contributed by atoms with E-state index in [0.717, 1.165) is 0 Å². The number of carbonyl (C=O) groups excluding carboxylic acids is 3. The van der Waals surface area contributed by atoms with Crippen LogP contribution in [0.25, 0.3) is 0 Å². The number of benzene rings is 2. The summed E-state index contributed by atoms with van der Waals surface area (Å²) in [6.45, 7) is 5.07. The molecule has 2 N–H and O–H groups in total. The molecule has 0 aliphatic heterocycles. The van der Waals surface area contributed by atoms with Crippen molar-refractivity contribution in [3.8, 4) is 5.75 Å². The van der Waals surface area contributed by atoms with Crippen LogP contribution in [0.1, 0.15) is 31.1 Å². The molecule has 26 heavy (non-hydrogen) atoms. The average molecular weight is 354 g/mol. The molecule has 0 radical (unpaired) electrons. The number of anilines is 1. The monoisotopic (exact) mass is 354 g/mol. The van der Waals surface area contributed by atoms with Gasteiger partial charge < -0.3 is 15.4 Å². The average Bonchev–Trinajstić information content (AvgIpc) is 2.61. The molecule has 0 aromatic heterocycles. The number of hydrogen-bond acceptors (Lipinski definition) is 4. The number of hydrogen-bond donors (Lipinski definition) is 2. The van der Waals surface area contributed by atoms with Gasteiger partial charge in [-0.15, -0.1) is 0 Å². The lowest BCUT2D eigenvalue weighted by Crippen LogP contribution is -2.46. The van der Waals surface area contributed by atoms with Gasteiger partial charge in [0.15, 0.2) is 0 Å². The number of amides is 2. The number of rotatable bonds is 6. The minimum absolute atomic E-state index is 0.145. The van der Waals surface area contributed by atoms with Crippen molar-refractivity contribution >= 4 is 23.5 Å². The zero-order chi connectivity index (χ0) is 19.1. The number of ether oxygens (including phenoxy) is 1. The zero-order valence-electron chi connectivity index (χ0n) is 15.0. The van der Waals surface area contributed by atoms with Crippen LogP contribution in [0.15, 0.2) is 54.6 Å². The normalized spacial score (nSPS) is 11.5. The minimum Gasteiger partial charge on any atom is -0.425 e. The molecular weight excluding hydrogens is 332 g/mol. The molecule has 2 rings (SSSR count).